The van der Waals surface area contributed by atoms with Gasteiger partial charge in [0, 0.05) is 24.8 Å². The van der Waals surface area contributed by atoms with Crippen LogP contribution < -0.4 is 14.8 Å². The number of hydrogen-bond acceptors (Lipinski definition) is 7. The Balaban J connectivity index is 1.79. The second kappa shape index (κ2) is 9.78. The lowest BCUT2D eigenvalue weighted by Gasteiger charge is -2.18. The van der Waals surface area contributed by atoms with Crippen LogP contribution in [0.5, 0.6) is 11.5 Å². The number of anilines is 1. The maximum atomic E-state index is 12.5. The van der Waals surface area contributed by atoms with Crippen LogP contribution in [-0.4, -0.2) is 28.9 Å². The Hall–Kier alpha value is -3.46. The molecule has 32 heavy (non-hydrogen) atoms. The monoisotopic (exact) mass is 457 g/mol. The number of thiophene rings is 1. The molecule has 1 aliphatic rings. The van der Waals surface area contributed by atoms with E-state index in [1.807, 2.05) is 0 Å². The van der Waals surface area contributed by atoms with Crippen LogP contribution in [0.25, 0.3) is 6.08 Å². The quantitative estimate of drug-likeness (QED) is 0.381. The normalized spacial score (nSPS) is 15.2. The van der Waals surface area contributed by atoms with E-state index in [1.165, 1.54) is 49.5 Å². The molecule has 168 valence electrons. The first-order valence-electron chi connectivity index (χ1n) is 10.0. The number of hydrogen-bond donors (Lipinski definition) is 2. The van der Waals surface area contributed by atoms with E-state index >= 15 is 0 Å². The summed E-state index contributed by atoms with van der Waals surface area (Å²) < 4.78 is 10.1. The van der Waals surface area contributed by atoms with Gasteiger partial charge in [0.2, 0.25) is 5.91 Å². The molecule has 0 radical (unpaired) electrons. The van der Waals surface area contributed by atoms with Gasteiger partial charge in [-0.15, -0.1) is 11.3 Å². The minimum atomic E-state index is -1.05. The number of carboxylic acids is 1. The Morgan fingerprint density at radius 2 is 1.81 bits per heavy atom. The highest BCUT2D eigenvalue weighted by atomic mass is 32.1. The molecule has 1 amide bonds. The first-order valence-corrected chi connectivity index (χ1v) is 10.8. The number of aromatic carboxylic acids is 1. The molecule has 3 rings (SSSR count). The van der Waals surface area contributed by atoms with Crippen molar-refractivity contribution in [3.05, 3.63) is 45.8 Å². The zero-order valence-corrected chi connectivity index (χ0v) is 18.7. The number of fused-ring (bicyclic) bond motifs is 1. The van der Waals surface area contributed by atoms with Crippen molar-refractivity contribution in [3.63, 3.8) is 0 Å². The van der Waals surface area contributed by atoms with Crippen LogP contribution in [0.2, 0.25) is 0 Å². The third-order valence-electron chi connectivity index (χ3n) is 4.86. The van der Waals surface area contributed by atoms with Crippen molar-refractivity contribution in [2.75, 3.05) is 5.32 Å². The van der Waals surface area contributed by atoms with Crippen LogP contribution in [-0.2, 0) is 27.2 Å². The maximum Gasteiger partial charge on any atom is 0.339 e. The smallest absolute Gasteiger partial charge is 0.339 e. The van der Waals surface area contributed by atoms with Gasteiger partial charge in [-0.1, -0.05) is 13.0 Å². The number of carbonyl (C=O) groups excluding carboxylic acids is 3. The minimum absolute atomic E-state index is 0.0449. The van der Waals surface area contributed by atoms with E-state index in [-0.39, 0.29) is 17.1 Å². The average Bonchev–Trinajstić information content (AvgIpc) is 3.04. The maximum absolute atomic E-state index is 12.5. The highest BCUT2D eigenvalue weighted by molar-refractivity contribution is 7.17. The lowest BCUT2D eigenvalue weighted by atomic mass is 9.88. The number of carbonyl (C=O) groups is 4. The number of aryl methyl sites for hydroxylation is 1. The summed E-state index contributed by atoms with van der Waals surface area (Å²) >= 11 is 1.31. The van der Waals surface area contributed by atoms with Crippen molar-refractivity contribution in [3.8, 4) is 11.5 Å². The van der Waals surface area contributed by atoms with Gasteiger partial charge in [-0.2, -0.15) is 0 Å². The van der Waals surface area contributed by atoms with E-state index < -0.39 is 23.8 Å². The first-order chi connectivity index (χ1) is 15.1. The number of benzene rings is 1. The van der Waals surface area contributed by atoms with E-state index in [9.17, 15) is 24.3 Å². The molecular weight excluding hydrogens is 434 g/mol. The SMILES string of the molecule is CC(=O)Oc1ccc(C=CC(=O)Nc2sc3c(c2C(=O)O)CC(C)CC3)cc1OC(C)=O. The summed E-state index contributed by atoms with van der Waals surface area (Å²) in [6.07, 6.45) is 5.22. The molecule has 0 saturated heterocycles. The molecule has 0 fully saturated rings. The summed E-state index contributed by atoms with van der Waals surface area (Å²) in [5.41, 5.74) is 1.50. The van der Waals surface area contributed by atoms with Crippen LogP contribution in [0.1, 0.15) is 53.6 Å². The molecule has 8 nitrogen and oxygen atoms in total. The molecule has 1 aromatic heterocycles. The molecule has 1 unspecified atom stereocenters. The molecular formula is C23H23NO7S. The van der Waals surface area contributed by atoms with Gasteiger partial charge in [0.25, 0.3) is 0 Å². The fourth-order valence-electron chi connectivity index (χ4n) is 3.50. The number of amides is 1. The van der Waals surface area contributed by atoms with E-state index in [0.717, 1.165) is 23.3 Å². The summed E-state index contributed by atoms with van der Waals surface area (Å²) in [6.45, 7) is 4.53. The summed E-state index contributed by atoms with van der Waals surface area (Å²) in [5, 5.41) is 12.7. The minimum Gasteiger partial charge on any atom is -0.478 e. The number of ether oxygens (including phenoxy) is 2. The molecule has 1 heterocycles. The van der Waals surface area contributed by atoms with Crippen molar-refractivity contribution in [2.45, 2.75) is 40.0 Å². The molecule has 0 bridgehead atoms. The molecule has 0 aliphatic heterocycles. The van der Waals surface area contributed by atoms with Crippen LogP contribution in [0, 0.1) is 5.92 Å². The second-order valence-electron chi connectivity index (χ2n) is 7.58. The third kappa shape index (κ3) is 5.61. The zero-order chi connectivity index (χ0) is 23.4. The summed E-state index contributed by atoms with van der Waals surface area (Å²) in [4.78, 5) is 47.8. The van der Waals surface area contributed by atoms with E-state index in [1.54, 1.807) is 6.07 Å². The van der Waals surface area contributed by atoms with Gasteiger partial charge < -0.3 is 19.9 Å². The van der Waals surface area contributed by atoms with Crippen LogP contribution in [0.15, 0.2) is 24.3 Å². The fraction of sp³-hybridized carbons (Fsp3) is 0.304. The van der Waals surface area contributed by atoms with Gasteiger partial charge in [0.15, 0.2) is 11.5 Å². The number of rotatable bonds is 6. The fourth-order valence-corrected chi connectivity index (χ4v) is 4.74. The summed E-state index contributed by atoms with van der Waals surface area (Å²) in [7, 11) is 0. The Kier molecular flexibility index (Phi) is 7.09. The summed E-state index contributed by atoms with van der Waals surface area (Å²) in [5.74, 6) is -2.17. The van der Waals surface area contributed by atoms with E-state index in [0.29, 0.717) is 22.9 Å². The van der Waals surface area contributed by atoms with Gasteiger partial charge in [-0.25, -0.2) is 4.79 Å². The van der Waals surface area contributed by atoms with Crippen LogP contribution >= 0.6 is 11.3 Å². The average molecular weight is 458 g/mol. The molecule has 0 spiro atoms. The molecule has 2 aromatic rings. The van der Waals surface area contributed by atoms with Crippen molar-refractivity contribution in [2.24, 2.45) is 5.92 Å². The lowest BCUT2D eigenvalue weighted by Crippen LogP contribution is -2.14. The lowest BCUT2D eigenvalue weighted by molar-refractivity contribution is -0.134. The highest BCUT2D eigenvalue weighted by Gasteiger charge is 2.28. The Labute approximate surface area is 188 Å². The molecule has 1 atom stereocenters. The number of carboxylic acid groups (broad SMARTS) is 1. The van der Waals surface area contributed by atoms with Gasteiger partial charge in [-0.05, 0) is 54.5 Å². The first kappa shape index (κ1) is 23.2. The van der Waals surface area contributed by atoms with Crippen molar-refractivity contribution >= 4 is 46.2 Å². The Morgan fingerprint density at radius 3 is 2.47 bits per heavy atom. The van der Waals surface area contributed by atoms with Gasteiger partial charge >= 0.3 is 17.9 Å². The van der Waals surface area contributed by atoms with Crippen molar-refractivity contribution in [1.82, 2.24) is 0 Å². The van der Waals surface area contributed by atoms with Gasteiger partial charge in [0.1, 0.15) is 5.00 Å². The summed E-state index contributed by atoms with van der Waals surface area (Å²) in [6, 6.07) is 4.49. The third-order valence-corrected chi connectivity index (χ3v) is 6.07. The predicted octanol–water partition coefficient (Wildman–Crippen LogP) is 4.07. The Bertz CT molecular complexity index is 1120. The predicted molar refractivity (Wildman–Crippen MR) is 119 cm³/mol. The van der Waals surface area contributed by atoms with Crippen LogP contribution in [0.4, 0.5) is 5.00 Å². The standard InChI is InChI=1S/C23H23NO7S/c1-12-4-8-19-16(10-12)21(23(28)29)22(32-19)24-20(27)9-6-15-5-7-17(30-13(2)25)18(11-15)31-14(3)26/h5-7,9,11-12H,4,8,10H2,1-3H3,(H,24,27)(H,28,29). The molecule has 0 saturated carbocycles. The highest BCUT2D eigenvalue weighted by Crippen LogP contribution is 2.39. The number of esters is 2. The zero-order valence-electron chi connectivity index (χ0n) is 17.9. The number of nitrogens with one attached hydrogen (secondary N) is 1. The second-order valence-corrected chi connectivity index (χ2v) is 8.68. The van der Waals surface area contributed by atoms with Crippen LogP contribution in [0.3, 0.4) is 0 Å². The van der Waals surface area contributed by atoms with E-state index in [2.05, 4.69) is 12.2 Å². The largest absolute Gasteiger partial charge is 0.478 e. The molecule has 2 N–H and O–H groups in total. The molecule has 1 aliphatic carbocycles. The van der Waals surface area contributed by atoms with Crippen molar-refractivity contribution < 1.29 is 33.8 Å². The molecule has 9 heteroatoms. The van der Waals surface area contributed by atoms with Crippen molar-refractivity contribution in [1.29, 1.82) is 0 Å². The van der Waals surface area contributed by atoms with Gasteiger partial charge in [0.05, 0.1) is 5.56 Å². The van der Waals surface area contributed by atoms with Gasteiger partial charge in [-0.3, -0.25) is 14.4 Å². The topological polar surface area (TPSA) is 119 Å². The van der Waals surface area contributed by atoms with E-state index in [4.69, 9.17) is 9.47 Å². The molecule has 1 aromatic carbocycles. The Morgan fingerprint density at radius 1 is 1.12 bits per heavy atom.